The van der Waals surface area contributed by atoms with Gasteiger partial charge in [-0.1, -0.05) is 18.0 Å². The van der Waals surface area contributed by atoms with E-state index in [9.17, 15) is 9.59 Å². The van der Waals surface area contributed by atoms with E-state index in [0.29, 0.717) is 11.6 Å². The Morgan fingerprint density at radius 1 is 1.34 bits per heavy atom. The van der Waals surface area contributed by atoms with Crippen LogP contribution in [0.1, 0.15) is 69.2 Å². The van der Waals surface area contributed by atoms with Crippen molar-refractivity contribution in [2.24, 2.45) is 0 Å². The van der Waals surface area contributed by atoms with Gasteiger partial charge in [-0.05, 0) is 39.0 Å². The second-order valence-electron chi connectivity index (χ2n) is 8.34. The molecule has 9 heteroatoms. The molecule has 2 amide bonds. The zero-order chi connectivity index (χ0) is 20.3. The van der Waals surface area contributed by atoms with Gasteiger partial charge < -0.3 is 19.9 Å². The van der Waals surface area contributed by atoms with Gasteiger partial charge in [-0.3, -0.25) is 9.89 Å². The van der Waals surface area contributed by atoms with Crippen molar-refractivity contribution in [3.05, 3.63) is 29.8 Å². The number of aromatic nitrogens is 3. The van der Waals surface area contributed by atoms with Gasteiger partial charge in [-0.2, -0.15) is 5.10 Å². The summed E-state index contributed by atoms with van der Waals surface area (Å²) in [6, 6.07) is 3.49. The molecular weight excluding hydrogens is 374 g/mol. The van der Waals surface area contributed by atoms with E-state index in [-0.39, 0.29) is 36.0 Å². The molecule has 0 aromatic carbocycles. The van der Waals surface area contributed by atoms with E-state index in [4.69, 9.17) is 9.26 Å². The Kier molecular flexibility index (Phi) is 5.55. The van der Waals surface area contributed by atoms with Gasteiger partial charge in [-0.25, -0.2) is 4.79 Å². The lowest BCUT2D eigenvalue weighted by molar-refractivity contribution is -0.115. The predicted octanol–water partition coefficient (Wildman–Crippen LogP) is 3.27. The first-order chi connectivity index (χ1) is 14.0. The predicted molar refractivity (Wildman–Crippen MR) is 104 cm³/mol. The lowest BCUT2D eigenvalue weighted by Crippen LogP contribution is -2.44. The third-order valence-corrected chi connectivity index (χ3v) is 5.90. The molecule has 29 heavy (non-hydrogen) atoms. The van der Waals surface area contributed by atoms with Crippen molar-refractivity contribution < 1.29 is 18.8 Å². The van der Waals surface area contributed by atoms with Crippen molar-refractivity contribution in [2.75, 3.05) is 5.32 Å². The summed E-state index contributed by atoms with van der Waals surface area (Å²) in [7, 11) is 0. The van der Waals surface area contributed by atoms with Crippen LogP contribution in [0.2, 0.25) is 0 Å². The van der Waals surface area contributed by atoms with Crippen molar-refractivity contribution in [3.8, 4) is 0 Å². The average molecular weight is 401 g/mol. The lowest BCUT2D eigenvalue weighted by atomic mass is 10.0. The topological polar surface area (TPSA) is 122 Å². The van der Waals surface area contributed by atoms with Crippen molar-refractivity contribution in [1.29, 1.82) is 0 Å². The lowest BCUT2D eigenvalue weighted by Gasteiger charge is -2.25. The SMILES string of the molecule is CC1(NC(=O)O[C@@H]2CC[C@H](c3cc(NC(=O)Cc4ccno4)n[nH]3)C2)CCCC1. The number of hydrogen-bond donors (Lipinski definition) is 3. The van der Waals surface area contributed by atoms with Gasteiger partial charge in [0, 0.05) is 29.3 Å². The molecule has 2 saturated carbocycles. The molecule has 2 aliphatic carbocycles. The van der Waals surface area contributed by atoms with E-state index in [1.807, 2.05) is 6.07 Å². The summed E-state index contributed by atoms with van der Waals surface area (Å²) in [4.78, 5) is 24.3. The molecule has 2 heterocycles. The summed E-state index contributed by atoms with van der Waals surface area (Å²) in [6.45, 7) is 2.08. The van der Waals surface area contributed by atoms with Crippen LogP contribution in [0.5, 0.6) is 0 Å². The summed E-state index contributed by atoms with van der Waals surface area (Å²) >= 11 is 0. The highest BCUT2D eigenvalue weighted by Crippen LogP contribution is 2.36. The molecule has 156 valence electrons. The summed E-state index contributed by atoms with van der Waals surface area (Å²) < 4.78 is 10.6. The van der Waals surface area contributed by atoms with Crippen LogP contribution in [0, 0.1) is 0 Å². The number of aromatic amines is 1. The molecule has 2 aromatic rings. The van der Waals surface area contributed by atoms with Crippen LogP contribution in [0.4, 0.5) is 10.6 Å². The largest absolute Gasteiger partial charge is 0.446 e. The number of anilines is 1. The number of ether oxygens (including phenoxy) is 1. The molecule has 0 spiro atoms. The van der Waals surface area contributed by atoms with Crippen LogP contribution in [0.25, 0.3) is 0 Å². The van der Waals surface area contributed by atoms with Crippen LogP contribution in [-0.2, 0) is 16.0 Å². The summed E-state index contributed by atoms with van der Waals surface area (Å²) in [5.74, 6) is 0.978. The molecule has 0 aliphatic heterocycles. The maximum Gasteiger partial charge on any atom is 0.407 e. The van der Waals surface area contributed by atoms with Gasteiger partial charge in [0.05, 0.1) is 12.6 Å². The van der Waals surface area contributed by atoms with Gasteiger partial charge in [0.15, 0.2) is 5.82 Å². The number of hydrogen-bond acceptors (Lipinski definition) is 6. The highest BCUT2D eigenvalue weighted by atomic mass is 16.6. The van der Waals surface area contributed by atoms with Crippen molar-refractivity contribution >= 4 is 17.8 Å². The van der Waals surface area contributed by atoms with Gasteiger partial charge in [0.2, 0.25) is 5.91 Å². The fraction of sp³-hybridized carbons (Fsp3) is 0.600. The third-order valence-electron chi connectivity index (χ3n) is 5.90. The van der Waals surface area contributed by atoms with E-state index in [1.165, 1.54) is 6.20 Å². The van der Waals surface area contributed by atoms with Crippen molar-refractivity contribution in [2.45, 2.75) is 75.9 Å². The summed E-state index contributed by atoms with van der Waals surface area (Å²) in [5.41, 5.74) is 0.811. The van der Waals surface area contributed by atoms with E-state index in [1.54, 1.807) is 6.07 Å². The number of nitrogens with one attached hydrogen (secondary N) is 3. The fourth-order valence-electron chi connectivity index (χ4n) is 4.33. The number of nitrogens with zero attached hydrogens (tertiary/aromatic N) is 2. The molecule has 9 nitrogen and oxygen atoms in total. The normalized spacial score (nSPS) is 23.1. The second-order valence-corrected chi connectivity index (χ2v) is 8.34. The molecule has 0 saturated heterocycles. The maximum atomic E-state index is 12.2. The molecule has 3 N–H and O–H groups in total. The Balaban J connectivity index is 1.25. The molecule has 0 unspecified atom stereocenters. The minimum atomic E-state index is -0.315. The first kappa shape index (κ1) is 19.5. The Bertz CT molecular complexity index is 841. The van der Waals surface area contributed by atoms with E-state index >= 15 is 0 Å². The molecule has 2 aliphatic rings. The second kappa shape index (κ2) is 8.26. The number of carbonyl (C=O) groups is 2. The first-order valence-electron chi connectivity index (χ1n) is 10.2. The number of carbonyl (C=O) groups excluding carboxylic acids is 2. The van der Waals surface area contributed by atoms with Gasteiger partial charge in [0.25, 0.3) is 0 Å². The monoisotopic (exact) mass is 401 g/mol. The van der Waals surface area contributed by atoms with Gasteiger partial charge >= 0.3 is 6.09 Å². The zero-order valence-electron chi connectivity index (χ0n) is 16.6. The maximum absolute atomic E-state index is 12.2. The van der Waals surface area contributed by atoms with Gasteiger partial charge in [-0.15, -0.1) is 0 Å². The Morgan fingerprint density at radius 2 is 2.17 bits per heavy atom. The standard InChI is InChI=1S/C20H27N5O4/c1-20(7-2-3-8-20)23-19(27)28-14-5-4-13(10-14)16-12-17(25-24-16)22-18(26)11-15-6-9-21-29-15/h6,9,12-14H,2-5,7-8,10-11H2,1H3,(H,23,27)(H2,22,24,25,26)/t13-,14+/m0/s1. The minimum Gasteiger partial charge on any atom is -0.446 e. The zero-order valence-corrected chi connectivity index (χ0v) is 16.6. The molecule has 2 fully saturated rings. The van der Waals surface area contributed by atoms with Crippen molar-refractivity contribution in [3.63, 3.8) is 0 Å². The van der Waals surface area contributed by atoms with Crippen LogP contribution in [0.15, 0.2) is 22.9 Å². The number of H-pyrrole nitrogens is 1. The smallest absolute Gasteiger partial charge is 0.407 e. The van der Waals surface area contributed by atoms with Crippen LogP contribution >= 0.6 is 0 Å². The van der Waals surface area contributed by atoms with Crippen LogP contribution in [0.3, 0.4) is 0 Å². The van der Waals surface area contributed by atoms with Crippen molar-refractivity contribution in [1.82, 2.24) is 20.7 Å². The van der Waals surface area contributed by atoms with E-state index in [2.05, 4.69) is 32.9 Å². The molecular formula is C20H27N5O4. The Morgan fingerprint density at radius 3 is 2.93 bits per heavy atom. The molecule has 2 aromatic heterocycles. The number of rotatable bonds is 6. The first-order valence-corrected chi connectivity index (χ1v) is 10.2. The fourth-order valence-corrected chi connectivity index (χ4v) is 4.33. The minimum absolute atomic E-state index is 0.0993. The molecule has 0 radical (unpaired) electrons. The van der Waals surface area contributed by atoms with Gasteiger partial charge in [0.1, 0.15) is 11.9 Å². The Labute approximate surface area is 168 Å². The third kappa shape index (κ3) is 4.96. The Hall–Kier alpha value is -2.84. The average Bonchev–Trinajstić information content (AvgIpc) is 3.43. The quantitative estimate of drug-likeness (QED) is 0.683. The highest BCUT2D eigenvalue weighted by Gasteiger charge is 2.34. The molecule has 4 rings (SSSR count). The van der Waals surface area contributed by atoms with Crippen LogP contribution in [-0.4, -0.2) is 39.0 Å². The van der Waals surface area contributed by atoms with E-state index in [0.717, 1.165) is 50.6 Å². The molecule has 2 atom stereocenters. The summed E-state index contributed by atoms with van der Waals surface area (Å²) in [6.07, 6.45) is 7.99. The highest BCUT2D eigenvalue weighted by molar-refractivity contribution is 5.91. The number of amides is 2. The summed E-state index contributed by atoms with van der Waals surface area (Å²) in [5, 5.41) is 16.5. The van der Waals surface area contributed by atoms with E-state index < -0.39 is 0 Å². The number of alkyl carbamates (subject to hydrolysis) is 1. The molecule has 0 bridgehead atoms. The van der Waals surface area contributed by atoms with Crippen LogP contribution < -0.4 is 10.6 Å².